The van der Waals surface area contributed by atoms with E-state index >= 15 is 0 Å². The Labute approximate surface area is 55.1 Å². The quantitative estimate of drug-likeness (QED) is 0.328. The molecule has 0 spiro atoms. The average Bonchev–Trinajstić information content (AvgIpc) is 0. The minimum atomic E-state index is 0. The number of rotatable bonds is 0. The molecule has 1 radical (unpaired) electrons. The van der Waals surface area contributed by atoms with Gasteiger partial charge in [-0.25, -0.2) is 0 Å². The van der Waals surface area contributed by atoms with Crippen molar-refractivity contribution in [2.24, 2.45) is 0 Å². The van der Waals surface area contributed by atoms with Crippen molar-refractivity contribution in [3.05, 3.63) is 0 Å². The van der Waals surface area contributed by atoms with Gasteiger partial charge in [0.25, 0.3) is 0 Å². The van der Waals surface area contributed by atoms with Crippen LogP contribution in [0.2, 0.25) is 0 Å². The molecule has 0 bridgehead atoms. The van der Waals surface area contributed by atoms with E-state index < -0.39 is 0 Å². The number of hydrogen-bond donors (Lipinski definition) is 0. The van der Waals surface area contributed by atoms with E-state index in [1.807, 2.05) is 0 Å². The molecule has 0 saturated heterocycles. The summed E-state index contributed by atoms with van der Waals surface area (Å²) in [4.78, 5) is 0. The molecule has 0 saturated carbocycles. The molecule has 0 aliphatic rings. The van der Waals surface area contributed by atoms with Crippen LogP contribution >= 0.6 is 9.90 Å². The van der Waals surface area contributed by atoms with Gasteiger partial charge in [0.2, 0.25) is 0 Å². The zero-order valence-electron chi connectivity index (χ0n) is 2.54. The third-order valence-corrected chi connectivity index (χ3v) is 0. The second-order valence-corrected chi connectivity index (χ2v) is 0. The van der Waals surface area contributed by atoms with Crippen LogP contribution in [-0.2, 0) is 17.1 Å². The van der Waals surface area contributed by atoms with E-state index in [0.29, 0.717) is 0 Å². The van der Waals surface area contributed by atoms with Gasteiger partial charge in [0, 0.05) is 0 Å². The van der Waals surface area contributed by atoms with Gasteiger partial charge in [0.05, 0.1) is 0 Å². The monoisotopic (exact) mass is 185 g/mol. The van der Waals surface area contributed by atoms with Crippen LogP contribution in [0.4, 0.5) is 0 Å². The van der Waals surface area contributed by atoms with Crippen molar-refractivity contribution in [2.75, 3.05) is 0 Å². The van der Waals surface area contributed by atoms with Gasteiger partial charge in [0.15, 0.2) is 0 Å². The predicted octanol–water partition coefficient (Wildman–Crippen LogP) is -1.63. The molecule has 0 rings (SSSR count). The van der Waals surface area contributed by atoms with E-state index in [0.717, 1.165) is 0 Å². The zero-order valence-corrected chi connectivity index (χ0v) is 3.48. The Balaban J connectivity index is 0. The van der Waals surface area contributed by atoms with Gasteiger partial charge < -0.3 is 27.4 Å². The fourth-order valence-electron chi connectivity index (χ4n) is 0. The number of hydrogen-bond acceptors (Lipinski definition) is 5. The van der Waals surface area contributed by atoms with Crippen molar-refractivity contribution in [2.45, 2.75) is 0 Å². The summed E-state index contributed by atoms with van der Waals surface area (Å²) < 4.78 is 0. The van der Waals surface area contributed by atoms with Crippen LogP contribution in [-0.4, -0.2) is 27.4 Å². The summed E-state index contributed by atoms with van der Waals surface area (Å²) in [5.74, 6) is 0. The molecule has 0 aromatic carbocycles. The fourth-order valence-corrected chi connectivity index (χ4v) is 0. The van der Waals surface area contributed by atoms with Gasteiger partial charge in [-0.1, -0.05) is 0 Å². The molecular weight excluding hydrogens is 175 g/mol. The molecule has 7 heteroatoms. The summed E-state index contributed by atoms with van der Waals surface area (Å²) in [6, 6.07) is 0. The van der Waals surface area contributed by atoms with Gasteiger partial charge in [-0.3, -0.25) is 9.90 Å². The van der Waals surface area contributed by atoms with Crippen molar-refractivity contribution in [1.29, 1.82) is 0 Å². The maximum atomic E-state index is 0. The molecule has 0 aliphatic heterocycles. The summed E-state index contributed by atoms with van der Waals surface area (Å²) >= 11 is 0. The minimum Gasteiger partial charge on any atom is -0.870 e. The molecule has 0 atom stereocenters. The SMILES string of the molecule is [Cu+2].[OH-].[OH-].[OH-].[OH-].[OH-].[PH6+3]. The van der Waals surface area contributed by atoms with E-state index in [-0.39, 0.29) is 54.3 Å². The second-order valence-electron chi connectivity index (χ2n) is 0. The summed E-state index contributed by atoms with van der Waals surface area (Å²) in [5, 5.41) is 0. The van der Waals surface area contributed by atoms with E-state index in [1.165, 1.54) is 0 Å². The largest absolute Gasteiger partial charge is 2.00 e. The molecule has 5 N–H and O–H groups in total. The fraction of sp³-hybridized carbons (Fsp3) is 0. The van der Waals surface area contributed by atoms with E-state index in [9.17, 15) is 0 Å². The van der Waals surface area contributed by atoms with Crippen LogP contribution in [0.5, 0.6) is 0 Å². The molecule has 0 aromatic heterocycles. The van der Waals surface area contributed by atoms with Crippen LogP contribution < -0.4 is 0 Å². The zero-order chi connectivity index (χ0) is 0. The molecule has 0 aromatic rings. The normalized spacial score (nSPS) is 0. The molecule has 0 fully saturated rings. The van der Waals surface area contributed by atoms with Gasteiger partial charge in [0.1, 0.15) is 0 Å². The Kier molecular flexibility index (Phi) is 35700. The first-order chi connectivity index (χ1) is 0. The standard InChI is InChI=1S/Cu.5H2O.H6P/h;5*1H2;1H6/q+2;;;;;;+3/p-5. The summed E-state index contributed by atoms with van der Waals surface area (Å²) in [6.45, 7) is 0. The average molecular weight is 186 g/mol. The van der Waals surface area contributed by atoms with E-state index in [2.05, 4.69) is 0 Å². The molecule has 5 nitrogen and oxygen atoms in total. The van der Waals surface area contributed by atoms with E-state index in [4.69, 9.17) is 0 Å². The minimum absolute atomic E-state index is 0. The summed E-state index contributed by atoms with van der Waals surface area (Å²) in [6.07, 6.45) is 0. The first-order valence-electron chi connectivity index (χ1n) is 0. The van der Waals surface area contributed by atoms with Crippen LogP contribution in [0.1, 0.15) is 0 Å². The van der Waals surface area contributed by atoms with Crippen molar-refractivity contribution >= 4 is 9.90 Å². The molecule has 0 heterocycles. The van der Waals surface area contributed by atoms with Crippen LogP contribution in [0.25, 0.3) is 0 Å². The molecule has 0 unspecified atom stereocenters. The Bertz CT molecular complexity index is 8.04. The van der Waals surface area contributed by atoms with Crippen molar-refractivity contribution in [1.82, 2.24) is 0 Å². The summed E-state index contributed by atoms with van der Waals surface area (Å²) in [5.41, 5.74) is 0. The Morgan fingerprint density at radius 1 is 0.429 bits per heavy atom. The van der Waals surface area contributed by atoms with Crippen molar-refractivity contribution < 1.29 is 44.4 Å². The Morgan fingerprint density at radius 3 is 0.429 bits per heavy atom. The van der Waals surface area contributed by atoms with Gasteiger partial charge in [-0.15, -0.1) is 0 Å². The van der Waals surface area contributed by atoms with Crippen LogP contribution in [0, 0.1) is 0 Å². The molecule has 57 valence electrons. The van der Waals surface area contributed by atoms with Crippen molar-refractivity contribution in [3.8, 4) is 0 Å². The Hall–Kier alpha value is 0.749. The predicted molar refractivity (Wildman–Crippen MR) is 25.0 cm³/mol. The third-order valence-electron chi connectivity index (χ3n) is 0. The summed E-state index contributed by atoms with van der Waals surface area (Å²) in [7, 11) is 0. The van der Waals surface area contributed by atoms with Crippen LogP contribution in [0.3, 0.4) is 0 Å². The second kappa shape index (κ2) is 397. The van der Waals surface area contributed by atoms with Gasteiger partial charge in [-0.2, -0.15) is 0 Å². The molecule has 7 heavy (non-hydrogen) atoms. The van der Waals surface area contributed by atoms with Crippen molar-refractivity contribution in [3.63, 3.8) is 0 Å². The van der Waals surface area contributed by atoms with E-state index in [1.54, 1.807) is 0 Å². The smallest absolute Gasteiger partial charge is 0.870 e. The van der Waals surface area contributed by atoms with Crippen LogP contribution in [0.15, 0.2) is 0 Å². The Morgan fingerprint density at radius 2 is 0.429 bits per heavy atom. The topological polar surface area (TPSA) is 150 Å². The third kappa shape index (κ3) is 271. The van der Waals surface area contributed by atoms with Gasteiger partial charge >= 0.3 is 17.1 Å². The molecule has 0 aliphatic carbocycles. The first-order valence-corrected chi connectivity index (χ1v) is 0. The maximum Gasteiger partial charge on any atom is 2.00 e. The molecular formula is H11CuO5P. The molecule has 0 amide bonds. The maximum absolute atomic E-state index is 0. The van der Waals surface area contributed by atoms with Gasteiger partial charge in [-0.05, 0) is 0 Å². The first kappa shape index (κ1) is 628.